The van der Waals surface area contributed by atoms with Gasteiger partial charge in [0.05, 0.1) is 12.5 Å². The van der Waals surface area contributed by atoms with Crippen LogP contribution in [0.25, 0.3) is 0 Å². The molecular formula is C15H20BrN3. The highest BCUT2D eigenvalue weighted by Crippen LogP contribution is 2.25. The van der Waals surface area contributed by atoms with E-state index < -0.39 is 0 Å². The number of nitrogens with zero attached hydrogens (tertiary/aromatic N) is 3. The smallest absolute Gasteiger partial charge is 0.0638 e. The SMILES string of the molecule is Cc1ccc(N2CCCN(C)C(CC#N)C2)cc1Br. The molecule has 2 rings (SSSR count). The molecule has 19 heavy (non-hydrogen) atoms. The highest BCUT2D eigenvalue weighted by Gasteiger charge is 2.22. The van der Waals surface area contributed by atoms with Crippen molar-refractivity contribution in [2.75, 3.05) is 31.6 Å². The monoisotopic (exact) mass is 321 g/mol. The van der Waals surface area contributed by atoms with Gasteiger partial charge in [-0.25, -0.2) is 0 Å². The van der Waals surface area contributed by atoms with Gasteiger partial charge in [0.25, 0.3) is 0 Å². The van der Waals surface area contributed by atoms with Crippen molar-refractivity contribution < 1.29 is 0 Å². The number of benzene rings is 1. The topological polar surface area (TPSA) is 30.3 Å². The Labute approximate surface area is 123 Å². The van der Waals surface area contributed by atoms with E-state index in [1.54, 1.807) is 0 Å². The van der Waals surface area contributed by atoms with Crippen LogP contribution in [0.4, 0.5) is 5.69 Å². The van der Waals surface area contributed by atoms with Crippen LogP contribution in [0.15, 0.2) is 22.7 Å². The molecule has 0 amide bonds. The minimum absolute atomic E-state index is 0.326. The van der Waals surface area contributed by atoms with Crippen LogP contribution in [0.1, 0.15) is 18.4 Å². The van der Waals surface area contributed by atoms with E-state index in [2.05, 4.69) is 64.0 Å². The highest BCUT2D eigenvalue weighted by molar-refractivity contribution is 9.10. The minimum Gasteiger partial charge on any atom is -0.370 e. The lowest BCUT2D eigenvalue weighted by atomic mass is 10.1. The molecule has 1 aromatic carbocycles. The summed E-state index contributed by atoms with van der Waals surface area (Å²) in [5, 5.41) is 8.96. The summed E-state index contributed by atoms with van der Waals surface area (Å²) in [6.07, 6.45) is 1.74. The molecule has 0 saturated carbocycles. The molecule has 3 nitrogen and oxygen atoms in total. The maximum Gasteiger partial charge on any atom is 0.0638 e. The van der Waals surface area contributed by atoms with Crippen molar-refractivity contribution in [3.05, 3.63) is 28.2 Å². The first-order valence-electron chi connectivity index (χ1n) is 6.70. The van der Waals surface area contributed by atoms with Gasteiger partial charge in [-0.2, -0.15) is 5.26 Å². The van der Waals surface area contributed by atoms with Crippen LogP contribution < -0.4 is 4.90 Å². The molecule has 0 aromatic heterocycles. The normalized spacial score (nSPS) is 20.9. The van der Waals surface area contributed by atoms with Crippen molar-refractivity contribution >= 4 is 21.6 Å². The molecule has 0 aliphatic carbocycles. The lowest BCUT2D eigenvalue weighted by Gasteiger charge is -2.28. The fraction of sp³-hybridized carbons (Fsp3) is 0.533. The molecule has 0 N–H and O–H groups in total. The third kappa shape index (κ3) is 3.49. The number of hydrogen-bond acceptors (Lipinski definition) is 3. The molecule has 0 spiro atoms. The van der Waals surface area contributed by atoms with Crippen LogP contribution in [-0.2, 0) is 0 Å². The van der Waals surface area contributed by atoms with Crippen molar-refractivity contribution in [3.63, 3.8) is 0 Å². The first-order valence-corrected chi connectivity index (χ1v) is 7.49. The maximum atomic E-state index is 8.96. The van der Waals surface area contributed by atoms with E-state index in [0.717, 1.165) is 30.5 Å². The fourth-order valence-electron chi connectivity index (χ4n) is 2.52. The first kappa shape index (κ1) is 14.4. The van der Waals surface area contributed by atoms with Crippen LogP contribution in [0.2, 0.25) is 0 Å². The average Bonchev–Trinajstić information content (AvgIpc) is 2.56. The van der Waals surface area contributed by atoms with Crippen molar-refractivity contribution in [2.45, 2.75) is 25.8 Å². The molecule has 1 unspecified atom stereocenters. The maximum absolute atomic E-state index is 8.96. The predicted octanol–water partition coefficient (Wildman–Crippen LogP) is 3.18. The molecule has 1 aliphatic heterocycles. The Morgan fingerprint density at radius 3 is 2.89 bits per heavy atom. The number of hydrogen-bond donors (Lipinski definition) is 0. The van der Waals surface area contributed by atoms with Crippen LogP contribution in [-0.4, -0.2) is 37.6 Å². The highest BCUT2D eigenvalue weighted by atomic mass is 79.9. The number of rotatable bonds is 2. The van der Waals surface area contributed by atoms with E-state index in [1.165, 1.54) is 11.3 Å². The van der Waals surface area contributed by atoms with Crippen LogP contribution in [0.3, 0.4) is 0 Å². The molecule has 4 heteroatoms. The Morgan fingerprint density at radius 2 is 2.21 bits per heavy atom. The fourth-order valence-corrected chi connectivity index (χ4v) is 2.88. The molecule has 1 aliphatic rings. The summed E-state index contributed by atoms with van der Waals surface area (Å²) in [5.41, 5.74) is 2.50. The zero-order chi connectivity index (χ0) is 13.8. The summed E-state index contributed by atoms with van der Waals surface area (Å²) in [6, 6.07) is 9.14. The van der Waals surface area contributed by atoms with Crippen molar-refractivity contribution in [3.8, 4) is 6.07 Å². The van der Waals surface area contributed by atoms with Gasteiger partial charge in [0.1, 0.15) is 0 Å². The summed E-state index contributed by atoms with van der Waals surface area (Å²) >= 11 is 3.60. The summed E-state index contributed by atoms with van der Waals surface area (Å²) in [4.78, 5) is 4.71. The van der Waals surface area contributed by atoms with Crippen molar-refractivity contribution in [2.24, 2.45) is 0 Å². The van der Waals surface area contributed by atoms with Gasteiger partial charge in [0, 0.05) is 29.3 Å². The Balaban J connectivity index is 2.18. The Morgan fingerprint density at radius 1 is 1.42 bits per heavy atom. The van der Waals surface area contributed by atoms with E-state index >= 15 is 0 Å². The molecule has 1 heterocycles. The second kappa shape index (κ2) is 6.40. The molecular weight excluding hydrogens is 302 g/mol. The van der Waals surface area contributed by atoms with Crippen molar-refractivity contribution in [1.82, 2.24) is 4.90 Å². The average molecular weight is 322 g/mol. The zero-order valence-electron chi connectivity index (χ0n) is 11.6. The number of aryl methyl sites for hydroxylation is 1. The van der Waals surface area contributed by atoms with E-state index in [4.69, 9.17) is 5.26 Å². The lowest BCUT2D eigenvalue weighted by molar-refractivity contribution is 0.264. The minimum atomic E-state index is 0.326. The van der Waals surface area contributed by atoms with Gasteiger partial charge >= 0.3 is 0 Å². The Kier molecular flexibility index (Phi) is 4.84. The Bertz CT molecular complexity index is 481. The van der Waals surface area contributed by atoms with Gasteiger partial charge in [-0.05, 0) is 44.6 Å². The summed E-state index contributed by atoms with van der Waals surface area (Å²) in [6.45, 7) is 5.15. The van der Waals surface area contributed by atoms with Gasteiger partial charge in [-0.1, -0.05) is 22.0 Å². The van der Waals surface area contributed by atoms with Crippen LogP contribution in [0, 0.1) is 18.3 Å². The second-order valence-corrected chi connectivity index (χ2v) is 6.08. The summed E-state index contributed by atoms with van der Waals surface area (Å²) in [5.74, 6) is 0. The molecule has 102 valence electrons. The van der Waals surface area contributed by atoms with Gasteiger partial charge < -0.3 is 9.80 Å². The largest absolute Gasteiger partial charge is 0.370 e. The quantitative estimate of drug-likeness (QED) is 0.838. The molecule has 1 atom stereocenters. The standard InChI is InChI=1S/C15H20BrN3/c1-12-4-5-13(10-15(12)16)19-9-3-8-18(2)14(11-19)6-7-17/h4-5,10,14H,3,6,8-9,11H2,1-2H3. The zero-order valence-corrected chi connectivity index (χ0v) is 13.2. The number of nitriles is 1. The number of anilines is 1. The van der Waals surface area contributed by atoms with Gasteiger partial charge in [0.2, 0.25) is 0 Å². The molecule has 1 saturated heterocycles. The lowest BCUT2D eigenvalue weighted by Crippen LogP contribution is -2.38. The second-order valence-electron chi connectivity index (χ2n) is 5.23. The third-order valence-electron chi connectivity index (χ3n) is 3.84. The van der Waals surface area contributed by atoms with Crippen LogP contribution >= 0.6 is 15.9 Å². The predicted molar refractivity (Wildman–Crippen MR) is 82.4 cm³/mol. The van der Waals surface area contributed by atoms with E-state index in [9.17, 15) is 0 Å². The molecule has 1 aromatic rings. The molecule has 0 bridgehead atoms. The molecule has 1 fully saturated rings. The summed E-state index contributed by atoms with van der Waals surface area (Å²) < 4.78 is 1.15. The number of halogens is 1. The van der Waals surface area contributed by atoms with Gasteiger partial charge in [0.15, 0.2) is 0 Å². The molecule has 0 radical (unpaired) electrons. The van der Waals surface area contributed by atoms with E-state index in [1.807, 2.05) is 0 Å². The first-order chi connectivity index (χ1) is 9.11. The van der Waals surface area contributed by atoms with Gasteiger partial charge in [-0.15, -0.1) is 0 Å². The van der Waals surface area contributed by atoms with Crippen molar-refractivity contribution in [1.29, 1.82) is 5.26 Å². The van der Waals surface area contributed by atoms with E-state index in [0.29, 0.717) is 12.5 Å². The number of likely N-dealkylation sites (N-methyl/N-ethyl adjacent to an activating group) is 1. The third-order valence-corrected chi connectivity index (χ3v) is 4.70. The summed E-state index contributed by atoms with van der Waals surface area (Å²) in [7, 11) is 2.12. The van der Waals surface area contributed by atoms with Gasteiger partial charge in [-0.3, -0.25) is 0 Å². The van der Waals surface area contributed by atoms with Crippen LogP contribution in [0.5, 0.6) is 0 Å². The van der Waals surface area contributed by atoms with E-state index in [-0.39, 0.29) is 0 Å². The Hall–Kier alpha value is -1.05.